The van der Waals surface area contributed by atoms with Gasteiger partial charge in [-0.15, -0.1) is 0 Å². The molecule has 0 aromatic heterocycles. The first-order valence-electron chi connectivity index (χ1n) is 10.1. The van der Waals surface area contributed by atoms with Crippen LogP contribution in [0.5, 0.6) is 0 Å². The number of amides is 2. The van der Waals surface area contributed by atoms with E-state index in [1.54, 1.807) is 11.8 Å². The second-order valence-corrected chi connectivity index (χ2v) is 8.15. The summed E-state index contributed by atoms with van der Waals surface area (Å²) in [7, 11) is 0. The van der Waals surface area contributed by atoms with Gasteiger partial charge in [0.25, 0.3) is 0 Å². The van der Waals surface area contributed by atoms with Gasteiger partial charge in [-0.25, -0.2) is 0 Å². The Kier molecular flexibility index (Phi) is 6.20. The maximum Gasteiger partial charge on any atom is 0.308 e. The molecule has 154 valence electrons. The van der Waals surface area contributed by atoms with E-state index in [1.807, 2.05) is 56.3 Å². The van der Waals surface area contributed by atoms with E-state index in [0.29, 0.717) is 13.0 Å². The minimum absolute atomic E-state index is 0.0980. The summed E-state index contributed by atoms with van der Waals surface area (Å²) in [5.74, 6) is -1.95. The minimum atomic E-state index is -0.880. The van der Waals surface area contributed by atoms with Crippen molar-refractivity contribution < 1.29 is 19.5 Å². The number of hydrogen-bond acceptors (Lipinski definition) is 3. The Morgan fingerprint density at radius 2 is 1.83 bits per heavy atom. The molecule has 3 rings (SSSR count). The summed E-state index contributed by atoms with van der Waals surface area (Å²) in [4.78, 5) is 38.7. The van der Waals surface area contributed by atoms with Crippen molar-refractivity contribution >= 4 is 28.6 Å². The van der Waals surface area contributed by atoms with Crippen LogP contribution >= 0.6 is 0 Å². The van der Waals surface area contributed by atoms with E-state index in [-0.39, 0.29) is 30.2 Å². The third-order valence-electron chi connectivity index (χ3n) is 5.78. The molecule has 6 nitrogen and oxygen atoms in total. The summed E-state index contributed by atoms with van der Waals surface area (Å²) in [6, 6.07) is 12.8. The molecule has 1 aliphatic heterocycles. The first-order valence-corrected chi connectivity index (χ1v) is 10.1. The van der Waals surface area contributed by atoms with E-state index >= 15 is 0 Å². The SMILES string of the molecule is CC(C)C(NC(=O)Cc1ccc2ccccc2c1)C(=O)N1CCC(C(=O)O)C1C. The normalized spacial score (nSPS) is 20.1. The monoisotopic (exact) mass is 396 g/mol. The van der Waals surface area contributed by atoms with Crippen molar-refractivity contribution in [3.63, 3.8) is 0 Å². The van der Waals surface area contributed by atoms with E-state index in [0.717, 1.165) is 16.3 Å². The van der Waals surface area contributed by atoms with Gasteiger partial charge in [0.15, 0.2) is 0 Å². The average Bonchev–Trinajstić information content (AvgIpc) is 3.07. The van der Waals surface area contributed by atoms with Crippen molar-refractivity contribution in [2.45, 2.75) is 45.7 Å². The molecule has 0 bridgehead atoms. The standard InChI is InChI=1S/C23H28N2O4/c1-14(2)21(22(27)25-11-10-19(15(25)3)23(28)29)24-20(26)13-16-8-9-17-6-4-5-7-18(17)12-16/h4-9,12,14-15,19,21H,10-11,13H2,1-3H3,(H,24,26)(H,28,29). The molecule has 2 N–H and O–H groups in total. The molecule has 0 spiro atoms. The smallest absolute Gasteiger partial charge is 0.308 e. The number of rotatable bonds is 6. The summed E-state index contributed by atoms with van der Waals surface area (Å²) in [6.45, 7) is 5.93. The summed E-state index contributed by atoms with van der Waals surface area (Å²) < 4.78 is 0. The number of carbonyl (C=O) groups excluding carboxylic acids is 2. The lowest BCUT2D eigenvalue weighted by atomic mass is 9.99. The lowest BCUT2D eigenvalue weighted by molar-refractivity contribution is -0.144. The number of aliphatic carboxylic acids is 1. The summed E-state index contributed by atoms with van der Waals surface area (Å²) in [5, 5.41) is 14.4. The van der Waals surface area contributed by atoms with Gasteiger partial charge < -0.3 is 15.3 Å². The van der Waals surface area contributed by atoms with Gasteiger partial charge in [-0.05, 0) is 35.6 Å². The number of benzene rings is 2. The van der Waals surface area contributed by atoms with Crippen LogP contribution in [0, 0.1) is 11.8 Å². The van der Waals surface area contributed by atoms with Crippen LogP contribution in [0.25, 0.3) is 10.8 Å². The van der Waals surface area contributed by atoms with Gasteiger partial charge in [0, 0.05) is 12.6 Å². The minimum Gasteiger partial charge on any atom is -0.481 e. The van der Waals surface area contributed by atoms with E-state index in [2.05, 4.69) is 5.32 Å². The van der Waals surface area contributed by atoms with Crippen molar-refractivity contribution in [1.29, 1.82) is 0 Å². The molecule has 2 aromatic carbocycles. The Bertz CT molecular complexity index is 924. The lowest BCUT2D eigenvalue weighted by Crippen LogP contribution is -2.53. The Hall–Kier alpha value is -2.89. The highest BCUT2D eigenvalue weighted by molar-refractivity contribution is 5.90. The van der Waals surface area contributed by atoms with E-state index in [4.69, 9.17) is 0 Å². The van der Waals surface area contributed by atoms with Crippen molar-refractivity contribution in [3.05, 3.63) is 48.0 Å². The van der Waals surface area contributed by atoms with Crippen molar-refractivity contribution in [2.75, 3.05) is 6.54 Å². The molecular formula is C23H28N2O4. The molecular weight excluding hydrogens is 368 g/mol. The van der Waals surface area contributed by atoms with Gasteiger partial charge in [0.05, 0.1) is 12.3 Å². The maximum absolute atomic E-state index is 13.0. The molecule has 2 amide bonds. The zero-order valence-electron chi connectivity index (χ0n) is 17.1. The molecule has 0 saturated carbocycles. The van der Waals surface area contributed by atoms with E-state index < -0.39 is 17.9 Å². The fourth-order valence-electron chi connectivity index (χ4n) is 4.03. The molecule has 1 saturated heterocycles. The van der Waals surface area contributed by atoms with Gasteiger partial charge in [-0.3, -0.25) is 14.4 Å². The third-order valence-corrected chi connectivity index (χ3v) is 5.78. The number of carboxylic acid groups (broad SMARTS) is 1. The Morgan fingerprint density at radius 1 is 1.14 bits per heavy atom. The van der Waals surface area contributed by atoms with Crippen LogP contribution in [0.4, 0.5) is 0 Å². The maximum atomic E-state index is 13.0. The highest BCUT2D eigenvalue weighted by Crippen LogP contribution is 2.26. The number of nitrogens with zero attached hydrogens (tertiary/aromatic N) is 1. The Labute approximate surface area is 170 Å². The number of nitrogens with one attached hydrogen (secondary N) is 1. The third kappa shape index (κ3) is 4.58. The number of likely N-dealkylation sites (tertiary alicyclic amines) is 1. The van der Waals surface area contributed by atoms with E-state index in [1.165, 1.54) is 0 Å². The fraction of sp³-hybridized carbons (Fsp3) is 0.435. The first-order chi connectivity index (χ1) is 13.8. The van der Waals surface area contributed by atoms with Crippen molar-refractivity contribution in [3.8, 4) is 0 Å². The number of carboxylic acids is 1. The molecule has 3 unspecified atom stereocenters. The molecule has 3 atom stereocenters. The highest BCUT2D eigenvalue weighted by atomic mass is 16.4. The molecule has 6 heteroatoms. The van der Waals surface area contributed by atoms with Gasteiger partial charge >= 0.3 is 5.97 Å². The lowest BCUT2D eigenvalue weighted by Gasteiger charge is -2.30. The number of fused-ring (bicyclic) bond motifs is 1. The molecule has 0 aliphatic carbocycles. The molecule has 1 heterocycles. The average molecular weight is 396 g/mol. The van der Waals surface area contributed by atoms with Crippen LogP contribution in [0.2, 0.25) is 0 Å². The fourth-order valence-corrected chi connectivity index (χ4v) is 4.03. The highest BCUT2D eigenvalue weighted by Gasteiger charge is 2.41. The van der Waals surface area contributed by atoms with Crippen LogP contribution in [0.1, 0.15) is 32.8 Å². The van der Waals surface area contributed by atoms with Crippen LogP contribution in [-0.4, -0.2) is 46.4 Å². The molecule has 29 heavy (non-hydrogen) atoms. The van der Waals surface area contributed by atoms with Crippen molar-refractivity contribution in [2.24, 2.45) is 11.8 Å². The largest absolute Gasteiger partial charge is 0.481 e. The van der Waals surface area contributed by atoms with Gasteiger partial charge in [0.2, 0.25) is 11.8 Å². The quantitative estimate of drug-likeness (QED) is 0.786. The van der Waals surface area contributed by atoms with E-state index in [9.17, 15) is 19.5 Å². The van der Waals surface area contributed by atoms with Crippen molar-refractivity contribution in [1.82, 2.24) is 10.2 Å². The Balaban J connectivity index is 1.68. The summed E-state index contributed by atoms with van der Waals surface area (Å²) in [6.07, 6.45) is 0.632. The summed E-state index contributed by atoms with van der Waals surface area (Å²) in [5.41, 5.74) is 0.886. The van der Waals surface area contributed by atoms with Gasteiger partial charge in [0.1, 0.15) is 6.04 Å². The number of carbonyl (C=O) groups is 3. The first kappa shape index (κ1) is 20.8. The molecule has 1 aliphatic rings. The van der Waals surface area contributed by atoms with Gasteiger partial charge in [-0.1, -0.05) is 56.3 Å². The number of hydrogen-bond donors (Lipinski definition) is 2. The molecule has 2 aromatic rings. The predicted molar refractivity (Wildman–Crippen MR) is 111 cm³/mol. The topological polar surface area (TPSA) is 86.7 Å². The second-order valence-electron chi connectivity index (χ2n) is 8.15. The Morgan fingerprint density at radius 3 is 2.45 bits per heavy atom. The zero-order chi connectivity index (χ0) is 21.1. The predicted octanol–water partition coefficient (Wildman–Crippen LogP) is 2.84. The van der Waals surface area contributed by atoms with Crippen LogP contribution < -0.4 is 5.32 Å². The van der Waals surface area contributed by atoms with Gasteiger partial charge in [-0.2, -0.15) is 0 Å². The molecule has 1 fully saturated rings. The van der Waals surface area contributed by atoms with Crippen LogP contribution in [0.15, 0.2) is 42.5 Å². The second kappa shape index (κ2) is 8.64. The summed E-state index contributed by atoms with van der Waals surface area (Å²) >= 11 is 0. The molecule has 0 radical (unpaired) electrons. The zero-order valence-corrected chi connectivity index (χ0v) is 17.1. The van der Waals surface area contributed by atoms with Crippen LogP contribution in [0.3, 0.4) is 0 Å². The van der Waals surface area contributed by atoms with Crippen LogP contribution in [-0.2, 0) is 20.8 Å².